The third kappa shape index (κ3) is 4.87. The zero-order valence-electron chi connectivity index (χ0n) is 12.8. The highest BCUT2D eigenvalue weighted by molar-refractivity contribution is 9.10. The number of hydrogen-bond donors (Lipinski definition) is 1. The Hall–Kier alpha value is -0.780. The molecule has 1 aliphatic rings. The third-order valence-electron chi connectivity index (χ3n) is 3.44. The van der Waals surface area contributed by atoms with E-state index < -0.39 is 0 Å². The van der Waals surface area contributed by atoms with Crippen LogP contribution >= 0.6 is 15.9 Å². The molecule has 0 bridgehead atoms. The monoisotopic (exact) mass is 357 g/mol. The zero-order valence-corrected chi connectivity index (χ0v) is 14.4. The van der Waals surface area contributed by atoms with Crippen LogP contribution in [0, 0.1) is 0 Å². The van der Waals surface area contributed by atoms with Crippen molar-refractivity contribution in [3.63, 3.8) is 0 Å². The van der Waals surface area contributed by atoms with Gasteiger partial charge in [-0.25, -0.2) is 0 Å². The fraction of sp³-hybridized carbons (Fsp3) is 0.625. The van der Waals surface area contributed by atoms with Gasteiger partial charge in [-0.2, -0.15) is 0 Å². The maximum Gasteiger partial charge on any atom is 0.175 e. The quantitative estimate of drug-likeness (QED) is 0.810. The van der Waals surface area contributed by atoms with E-state index in [0.717, 1.165) is 47.5 Å². The van der Waals surface area contributed by atoms with Crippen LogP contribution in [-0.2, 0) is 11.3 Å². The van der Waals surface area contributed by atoms with Gasteiger partial charge in [-0.15, -0.1) is 0 Å². The summed E-state index contributed by atoms with van der Waals surface area (Å²) in [7, 11) is 1.93. The number of halogens is 1. The van der Waals surface area contributed by atoms with Crippen molar-refractivity contribution in [2.24, 2.45) is 0 Å². The number of benzene rings is 1. The van der Waals surface area contributed by atoms with Crippen LogP contribution in [-0.4, -0.2) is 33.0 Å². The van der Waals surface area contributed by atoms with E-state index in [4.69, 9.17) is 14.2 Å². The summed E-state index contributed by atoms with van der Waals surface area (Å²) in [6.07, 6.45) is 3.63. The Morgan fingerprint density at radius 1 is 1.33 bits per heavy atom. The van der Waals surface area contributed by atoms with Crippen molar-refractivity contribution in [2.45, 2.75) is 38.8 Å². The molecule has 1 N–H and O–H groups in total. The lowest BCUT2D eigenvalue weighted by atomic mass is 10.1. The molecule has 2 rings (SSSR count). The molecule has 1 aliphatic heterocycles. The van der Waals surface area contributed by atoms with Crippen molar-refractivity contribution >= 4 is 15.9 Å². The molecule has 118 valence electrons. The summed E-state index contributed by atoms with van der Waals surface area (Å²) >= 11 is 3.59. The van der Waals surface area contributed by atoms with Gasteiger partial charge in [-0.05, 0) is 66.9 Å². The van der Waals surface area contributed by atoms with Crippen LogP contribution in [0.3, 0.4) is 0 Å². The lowest BCUT2D eigenvalue weighted by Gasteiger charge is -2.23. The van der Waals surface area contributed by atoms with Gasteiger partial charge in [0.1, 0.15) is 6.61 Å². The van der Waals surface area contributed by atoms with Gasteiger partial charge in [0.05, 0.1) is 17.2 Å². The van der Waals surface area contributed by atoms with Gasteiger partial charge in [-0.1, -0.05) is 0 Å². The predicted molar refractivity (Wildman–Crippen MR) is 87.2 cm³/mol. The first kappa shape index (κ1) is 16.6. The molecular weight excluding hydrogens is 334 g/mol. The average molecular weight is 358 g/mol. The predicted octanol–water partition coefficient (Wildman–Crippen LogP) is 3.52. The molecule has 0 spiro atoms. The highest BCUT2D eigenvalue weighted by atomic mass is 79.9. The molecule has 5 heteroatoms. The van der Waals surface area contributed by atoms with Crippen molar-refractivity contribution in [2.75, 3.05) is 26.9 Å². The number of rotatable bonds is 7. The van der Waals surface area contributed by atoms with E-state index in [1.54, 1.807) is 0 Å². The molecule has 4 nitrogen and oxygen atoms in total. The molecule has 1 atom stereocenters. The van der Waals surface area contributed by atoms with Crippen LogP contribution in [0.15, 0.2) is 16.6 Å². The molecule has 0 amide bonds. The second kappa shape index (κ2) is 8.61. The second-order valence-corrected chi connectivity index (χ2v) is 6.02. The molecule has 1 saturated heterocycles. The molecule has 0 saturated carbocycles. The first-order valence-electron chi connectivity index (χ1n) is 7.58. The average Bonchev–Trinajstić information content (AvgIpc) is 2.48. The van der Waals surface area contributed by atoms with Gasteiger partial charge in [0, 0.05) is 13.2 Å². The molecule has 21 heavy (non-hydrogen) atoms. The fourth-order valence-corrected chi connectivity index (χ4v) is 3.05. The van der Waals surface area contributed by atoms with E-state index in [0.29, 0.717) is 13.2 Å². The standard InChI is InChI=1S/C16H24BrNO3/c1-3-19-15-9-12(10-18-2)8-14(17)16(15)21-11-13-6-4-5-7-20-13/h8-9,13,18H,3-7,10-11H2,1-2H3. The topological polar surface area (TPSA) is 39.7 Å². The van der Waals surface area contributed by atoms with Gasteiger partial charge in [0.2, 0.25) is 0 Å². The Kier molecular flexibility index (Phi) is 6.80. The maximum absolute atomic E-state index is 5.98. The normalized spacial score (nSPS) is 18.5. The van der Waals surface area contributed by atoms with Crippen molar-refractivity contribution in [1.29, 1.82) is 0 Å². The summed E-state index contributed by atoms with van der Waals surface area (Å²) in [5, 5.41) is 3.15. The summed E-state index contributed by atoms with van der Waals surface area (Å²) < 4.78 is 18.3. The van der Waals surface area contributed by atoms with E-state index >= 15 is 0 Å². The van der Waals surface area contributed by atoms with E-state index in [1.165, 1.54) is 6.42 Å². The molecule has 1 aromatic rings. The third-order valence-corrected chi connectivity index (χ3v) is 4.03. The lowest BCUT2D eigenvalue weighted by Crippen LogP contribution is -2.26. The Bertz CT molecular complexity index is 447. The first-order chi connectivity index (χ1) is 10.2. The molecular formula is C16H24BrNO3. The first-order valence-corrected chi connectivity index (χ1v) is 8.38. The summed E-state index contributed by atoms with van der Waals surface area (Å²) in [5.41, 5.74) is 1.16. The largest absolute Gasteiger partial charge is 0.490 e. The van der Waals surface area contributed by atoms with Gasteiger partial charge in [0.25, 0.3) is 0 Å². The highest BCUT2D eigenvalue weighted by Gasteiger charge is 2.18. The minimum Gasteiger partial charge on any atom is -0.490 e. The van der Waals surface area contributed by atoms with Crippen LogP contribution in [0.4, 0.5) is 0 Å². The second-order valence-electron chi connectivity index (χ2n) is 5.17. The highest BCUT2D eigenvalue weighted by Crippen LogP contribution is 2.37. The van der Waals surface area contributed by atoms with Crippen molar-refractivity contribution < 1.29 is 14.2 Å². The lowest BCUT2D eigenvalue weighted by molar-refractivity contribution is -0.0117. The molecule has 0 aromatic heterocycles. The number of hydrogen-bond acceptors (Lipinski definition) is 4. The van der Waals surface area contributed by atoms with Gasteiger partial charge < -0.3 is 19.5 Å². The molecule has 1 fully saturated rings. The van der Waals surface area contributed by atoms with Crippen LogP contribution in [0.1, 0.15) is 31.7 Å². The molecule has 1 heterocycles. The Labute approximate surface area is 135 Å². The van der Waals surface area contributed by atoms with Crippen molar-refractivity contribution in [1.82, 2.24) is 5.32 Å². The van der Waals surface area contributed by atoms with Gasteiger partial charge >= 0.3 is 0 Å². The minimum atomic E-state index is 0.192. The van der Waals surface area contributed by atoms with Gasteiger partial charge in [-0.3, -0.25) is 0 Å². The molecule has 0 radical (unpaired) electrons. The number of ether oxygens (including phenoxy) is 3. The van der Waals surface area contributed by atoms with Crippen LogP contribution in [0.5, 0.6) is 11.5 Å². The minimum absolute atomic E-state index is 0.192. The molecule has 1 aromatic carbocycles. The van der Waals surface area contributed by atoms with E-state index in [-0.39, 0.29) is 6.10 Å². The summed E-state index contributed by atoms with van der Waals surface area (Å²) in [5.74, 6) is 1.55. The SMILES string of the molecule is CCOc1cc(CNC)cc(Br)c1OCC1CCCCO1. The van der Waals surface area contributed by atoms with Crippen LogP contribution in [0.25, 0.3) is 0 Å². The maximum atomic E-state index is 5.98. The van der Waals surface area contributed by atoms with Crippen LogP contribution in [0.2, 0.25) is 0 Å². The van der Waals surface area contributed by atoms with Crippen molar-refractivity contribution in [3.8, 4) is 11.5 Å². The Morgan fingerprint density at radius 2 is 2.19 bits per heavy atom. The summed E-state index contributed by atoms with van der Waals surface area (Å²) in [6, 6.07) is 4.10. The van der Waals surface area contributed by atoms with Crippen LogP contribution < -0.4 is 14.8 Å². The fourth-order valence-electron chi connectivity index (χ4n) is 2.45. The summed E-state index contributed by atoms with van der Waals surface area (Å²) in [4.78, 5) is 0. The molecule has 0 aliphatic carbocycles. The van der Waals surface area contributed by atoms with Gasteiger partial charge in [0.15, 0.2) is 11.5 Å². The Morgan fingerprint density at radius 3 is 2.86 bits per heavy atom. The Balaban J connectivity index is 2.08. The molecule has 1 unspecified atom stereocenters. The smallest absolute Gasteiger partial charge is 0.175 e. The van der Waals surface area contributed by atoms with Crippen molar-refractivity contribution in [3.05, 3.63) is 22.2 Å². The van der Waals surface area contributed by atoms with E-state index in [1.807, 2.05) is 20.0 Å². The van der Waals surface area contributed by atoms with E-state index in [9.17, 15) is 0 Å². The summed E-state index contributed by atoms with van der Waals surface area (Å²) in [6.45, 7) is 4.81. The zero-order chi connectivity index (χ0) is 15.1. The number of nitrogens with one attached hydrogen (secondary N) is 1. The van der Waals surface area contributed by atoms with E-state index in [2.05, 4.69) is 27.3 Å².